The number of aromatic nitrogens is 2. The number of fused-ring (bicyclic) bond motifs is 1. The van der Waals surface area contributed by atoms with Crippen LogP contribution in [-0.4, -0.2) is 40.7 Å². The number of non-ortho nitro benzene ring substituents is 1. The fourth-order valence-electron chi connectivity index (χ4n) is 2.29. The van der Waals surface area contributed by atoms with Crippen molar-refractivity contribution in [2.45, 2.75) is 0 Å². The van der Waals surface area contributed by atoms with Crippen LogP contribution in [0.2, 0.25) is 0 Å². The number of rotatable bonds is 2. The molecule has 0 unspecified atom stereocenters. The Morgan fingerprint density at radius 2 is 2.05 bits per heavy atom. The fourth-order valence-corrected chi connectivity index (χ4v) is 2.29. The van der Waals surface area contributed by atoms with Gasteiger partial charge in [-0.15, -0.1) is 0 Å². The van der Waals surface area contributed by atoms with Crippen LogP contribution in [0.5, 0.6) is 0 Å². The summed E-state index contributed by atoms with van der Waals surface area (Å²) in [6, 6.07) is 6.51. The van der Waals surface area contributed by atoms with Crippen LogP contribution in [0.1, 0.15) is 11.4 Å². The zero-order valence-corrected chi connectivity index (χ0v) is 11.4. The van der Waals surface area contributed by atoms with E-state index in [1.807, 2.05) is 11.9 Å². The molecule has 0 bridgehead atoms. The van der Waals surface area contributed by atoms with Gasteiger partial charge in [0.2, 0.25) is 0 Å². The third-order valence-electron chi connectivity index (χ3n) is 3.34. The highest BCUT2D eigenvalue weighted by atomic mass is 16.6. The number of benzene rings is 1. The molecule has 1 aliphatic heterocycles. The van der Waals surface area contributed by atoms with Crippen molar-refractivity contribution >= 4 is 17.1 Å². The summed E-state index contributed by atoms with van der Waals surface area (Å²) < 4.78 is 0. The molecule has 0 amide bonds. The van der Waals surface area contributed by atoms with Crippen molar-refractivity contribution < 1.29 is 4.92 Å². The summed E-state index contributed by atoms with van der Waals surface area (Å²) in [6.07, 6.45) is 3.27. The second-order valence-corrected chi connectivity index (χ2v) is 4.68. The lowest BCUT2D eigenvalue weighted by atomic mass is 10.1. The second-order valence-electron chi connectivity index (χ2n) is 4.68. The molecule has 1 aromatic heterocycles. The van der Waals surface area contributed by atoms with Crippen molar-refractivity contribution in [2.24, 2.45) is 4.99 Å². The number of nitro groups is 1. The van der Waals surface area contributed by atoms with Crippen molar-refractivity contribution in [3.05, 3.63) is 58.2 Å². The van der Waals surface area contributed by atoms with Crippen molar-refractivity contribution in [1.82, 2.24) is 9.97 Å². The average molecular weight is 283 g/mol. The molecule has 1 aliphatic rings. The Bertz CT molecular complexity index is 715. The third-order valence-corrected chi connectivity index (χ3v) is 3.34. The van der Waals surface area contributed by atoms with Gasteiger partial charge >= 0.3 is 0 Å². The first-order valence-electron chi connectivity index (χ1n) is 6.48. The van der Waals surface area contributed by atoms with E-state index in [-0.39, 0.29) is 5.69 Å². The predicted octanol–water partition coefficient (Wildman–Crippen LogP) is 1.67. The average Bonchev–Trinajstić information content (AvgIpc) is 2.67. The topological polar surface area (TPSA) is 84.5 Å². The molecule has 3 rings (SSSR count). The van der Waals surface area contributed by atoms with E-state index in [2.05, 4.69) is 15.0 Å². The van der Waals surface area contributed by atoms with E-state index in [9.17, 15) is 10.1 Å². The van der Waals surface area contributed by atoms with Crippen LogP contribution in [0, 0.1) is 10.1 Å². The van der Waals surface area contributed by atoms with Gasteiger partial charge in [0.25, 0.3) is 5.69 Å². The summed E-state index contributed by atoms with van der Waals surface area (Å²) in [5.74, 6) is 0.481. The summed E-state index contributed by atoms with van der Waals surface area (Å²) >= 11 is 0. The summed E-state index contributed by atoms with van der Waals surface area (Å²) in [5, 5.41) is 11.0. The van der Waals surface area contributed by atoms with Crippen LogP contribution in [0.3, 0.4) is 0 Å². The third kappa shape index (κ3) is 2.45. The Morgan fingerprint density at radius 1 is 1.29 bits per heavy atom. The molecule has 7 heteroatoms. The van der Waals surface area contributed by atoms with Crippen molar-refractivity contribution in [3.8, 4) is 0 Å². The number of aliphatic imine (C=N–C) groups is 1. The lowest BCUT2D eigenvalue weighted by Crippen LogP contribution is -2.20. The second kappa shape index (κ2) is 5.28. The number of likely N-dealkylation sites (N-methyl/N-ethyl adjacent to an activating group) is 1. The van der Waals surface area contributed by atoms with E-state index in [1.165, 1.54) is 12.1 Å². The smallest absolute Gasteiger partial charge is 0.270 e. The lowest BCUT2D eigenvalue weighted by molar-refractivity contribution is -0.384. The minimum Gasteiger partial charge on any atom is -0.372 e. The number of anilines is 1. The maximum atomic E-state index is 11.0. The first-order chi connectivity index (χ1) is 10.2. The molecule has 0 saturated carbocycles. The number of nitro benzene ring substituents is 1. The molecule has 0 radical (unpaired) electrons. The minimum absolute atomic E-state index is 0.0349. The van der Waals surface area contributed by atoms with Crippen molar-refractivity contribution in [3.63, 3.8) is 0 Å². The van der Waals surface area contributed by atoms with Crippen LogP contribution in [0.15, 0.2) is 41.7 Å². The highest BCUT2D eigenvalue weighted by Gasteiger charge is 2.22. The standard InChI is InChI=1S/C14H13N5O2/c1-18-8-7-15-13(14-16-5-2-6-17-14)11-9-10(19(20)21)3-4-12(11)18/h2-6,9H,7-8H2,1H3. The molecule has 0 saturated heterocycles. The Morgan fingerprint density at radius 3 is 2.76 bits per heavy atom. The number of nitrogens with zero attached hydrogens (tertiary/aromatic N) is 5. The van der Waals surface area contributed by atoms with Gasteiger partial charge in [0.05, 0.1) is 11.5 Å². The number of hydrogen-bond acceptors (Lipinski definition) is 6. The summed E-state index contributed by atoms with van der Waals surface area (Å²) in [4.78, 5) is 25.6. The van der Waals surface area contributed by atoms with E-state index in [4.69, 9.17) is 0 Å². The van der Waals surface area contributed by atoms with Gasteiger partial charge in [-0.05, 0) is 12.1 Å². The normalized spacial score (nSPS) is 14.1. The van der Waals surface area contributed by atoms with Crippen LogP contribution in [-0.2, 0) is 0 Å². The van der Waals surface area contributed by atoms with Gasteiger partial charge in [-0.25, -0.2) is 9.97 Å². The molecule has 0 N–H and O–H groups in total. The van der Waals surface area contributed by atoms with Gasteiger partial charge < -0.3 is 4.90 Å². The molecule has 0 fully saturated rings. The van der Waals surface area contributed by atoms with E-state index in [0.29, 0.717) is 23.6 Å². The van der Waals surface area contributed by atoms with Crippen molar-refractivity contribution in [2.75, 3.05) is 25.0 Å². The molecular weight excluding hydrogens is 270 g/mol. The van der Waals surface area contributed by atoms with Gasteiger partial charge in [-0.1, -0.05) is 0 Å². The minimum atomic E-state index is -0.408. The SMILES string of the molecule is CN1CCN=C(c2ncccn2)c2cc([N+](=O)[O-])ccc21. The first kappa shape index (κ1) is 13.2. The summed E-state index contributed by atoms with van der Waals surface area (Å²) in [6.45, 7) is 1.33. The highest BCUT2D eigenvalue weighted by molar-refractivity contribution is 6.14. The quantitative estimate of drug-likeness (QED) is 0.618. The van der Waals surface area contributed by atoms with E-state index < -0.39 is 4.92 Å². The highest BCUT2D eigenvalue weighted by Crippen LogP contribution is 2.28. The zero-order valence-electron chi connectivity index (χ0n) is 11.4. The predicted molar refractivity (Wildman–Crippen MR) is 78.9 cm³/mol. The van der Waals surface area contributed by atoms with Crippen LogP contribution >= 0.6 is 0 Å². The summed E-state index contributed by atoms with van der Waals surface area (Å²) in [5.41, 5.74) is 2.21. The molecule has 0 spiro atoms. The monoisotopic (exact) mass is 283 g/mol. The molecule has 2 heterocycles. The van der Waals surface area contributed by atoms with Gasteiger partial charge in [0.1, 0.15) is 5.71 Å². The Hall–Kier alpha value is -2.83. The fraction of sp³-hybridized carbons (Fsp3) is 0.214. The Kier molecular flexibility index (Phi) is 3.31. The van der Waals surface area contributed by atoms with Gasteiger partial charge in [0, 0.05) is 49.4 Å². The van der Waals surface area contributed by atoms with Gasteiger partial charge in [-0.2, -0.15) is 0 Å². The van der Waals surface area contributed by atoms with Crippen molar-refractivity contribution in [1.29, 1.82) is 0 Å². The zero-order chi connectivity index (χ0) is 14.8. The molecular formula is C14H13N5O2. The molecule has 1 aromatic carbocycles. The summed E-state index contributed by atoms with van der Waals surface area (Å²) in [7, 11) is 1.94. The van der Waals surface area contributed by atoms with E-state index in [1.54, 1.807) is 24.5 Å². The van der Waals surface area contributed by atoms with Gasteiger partial charge in [-0.3, -0.25) is 15.1 Å². The molecule has 106 valence electrons. The first-order valence-corrected chi connectivity index (χ1v) is 6.48. The maximum Gasteiger partial charge on any atom is 0.270 e. The molecule has 0 aliphatic carbocycles. The Labute approximate surface area is 121 Å². The molecule has 7 nitrogen and oxygen atoms in total. The lowest BCUT2D eigenvalue weighted by Gasteiger charge is -2.18. The molecule has 0 atom stereocenters. The van der Waals surface area contributed by atoms with Gasteiger partial charge in [0.15, 0.2) is 5.82 Å². The van der Waals surface area contributed by atoms with Crippen LogP contribution in [0.4, 0.5) is 11.4 Å². The van der Waals surface area contributed by atoms with Crippen LogP contribution < -0.4 is 4.90 Å². The van der Waals surface area contributed by atoms with E-state index >= 15 is 0 Å². The van der Waals surface area contributed by atoms with E-state index in [0.717, 1.165) is 12.2 Å². The maximum absolute atomic E-state index is 11.0. The van der Waals surface area contributed by atoms with Crippen LogP contribution in [0.25, 0.3) is 0 Å². The molecule has 21 heavy (non-hydrogen) atoms. The largest absolute Gasteiger partial charge is 0.372 e. The number of hydrogen-bond donors (Lipinski definition) is 0. The Balaban J connectivity index is 2.19. The number of benzodiazepines with no additional fused rings is 1. The molecule has 2 aromatic rings.